The van der Waals surface area contributed by atoms with Crippen LogP contribution in [0.2, 0.25) is 0 Å². The van der Waals surface area contributed by atoms with E-state index in [1.54, 1.807) is 24.3 Å². The Kier molecular flexibility index (Phi) is 5.39. The average Bonchev–Trinajstić information content (AvgIpc) is 1.98. The lowest BCUT2D eigenvalue weighted by Gasteiger charge is -1.87. The molecule has 10 heavy (non-hydrogen) atoms. The Bertz CT molecular complexity index is 164. The Hall–Kier alpha value is -1.08. The summed E-state index contributed by atoms with van der Waals surface area (Å²) in [5.41, 5.74) is 0.948. The summed E-state index contributed by atoms with van der Waals surface area (Å²) in [4.78, 5) is 0. The number of aliphatic hydroxyl groups excluding tert-OH is 1. The molecule has 0 aromatic carbocycles. The first-order chi connectivity index (χ1) is 4.85. The SMILES string of the molecule is C=C/C=C(C=C)/C=C/CO. The first-order valence-corrected chi connectivity index (χ1v) is 3.07. The molecule has 0 saturated carbocycles. The van der Waals surface area contributed by atoms with Gasteiger partial charge in [-0.3, -0.25) is 0 Å². The molecule has 0 amide bonds. The highest BCUT2D eigenvalue weighted by Gasteiger charge is 1.78. The Morgan fingerprint density at radius 3 is 2.50 bits per heavy atom. The fraction of sp³-hybridized carbons (Fsp3) is 0.111. The summed E-state index contributed by atoms with van der Waals surface area (Å²) in [6.45, 7) is 7.18. The molecule has 0 aliphatic rings. The first kappa shape index (κ1) is 8.92. The number of allylic oxidation sites excluding steroid dienone is 5. The van der Waals surface area contributed by atoms with E-state index in [1.807, 2.05) is 6.08 Å². The maximum absolute atomic E-state index is 8.40. The fourth-order valence-corrected chi connectivity index (χ4v) is 0.517. The number of aliphatic hydroxyl groups is 1. The van der Waals surface area contributed by atoms with E-state index in [0.29, 0.717) is 0 Å². The van der Waals surface area contributed by atoms with Gasteiger partial charge >= 0.3 is 0 Å². The number of hydrogen-bond donors (Lipinski definition) is 1. The highest BCUT2D eigenvalue weighted by molar-refractivity contribution is 5.31. The van der Waals surface area contributed by atoms with E-state index in [9.17, 15) is 0 Å². The lowest BCUT2D eigenvalue weighted by atomic mass is 10.2. The van der Waals surface area contributed by atoms with Crippen molar-refractivity contribution in [2.45, 2.75) is 0 Å². The van der Waals surface area contributed by atoms with Crippen LogP contribution in [0.15, 0.2) is 49.1 Å². The average molecular weight is 136 g/mol. The van der Waals surface area contributed by atoms with Crippen molar-refractivity contribution < 1.29 is 5.11 Å². The molecule has 0 atom stereocenters. The summed E-state index contributed by atoms with van der Waals surface area (Å²) in [6.07, 6.45) is 8.64. The third kappa shape index (κ3) is 3.87. The van der Waals surface area contributed by atoms with Crippen LogP contribution in [0.1, 0.15) is 0 Å². The molecule has 0 bridgehead atoms. The normalized spacial score (nSPS) is 11.9. The molecular weight excluding hydrogens is 124 g/mol. The summed E-state index contributed by atoms with van der Waals surface area (Å²) in [5, 5.41) is 8.40. The van der Waals surface area contributed by atoms with Gasteiger partial charge in [-0.25, -0.2) is 0 Å². The monoisotopic (exact) mass is 136 g/mol. The summed E-state index contributed by atoms with van der Waals surface area (Å²) in [6, 6.07) is 0. The van der Waals surface area contributed by atoms with E-state index in [4.69, 9.17) is 5.11 Å². The molecule has 0 spiro atoms. The van der Waals surface area contributed by atoms with Gasteiger partial charge in [0.1, 0.15) is 0 Å². The van der Waals surface area contributed by atoms with Gasteiger partial charge in [0.15, 0.2) is 0 Å². The molecule has 1 N–H and O–H groups in total. The van der Waals surface area contributed by atoms with E-state index in [0.717, 1.165) is 5.57 Å². The summed E-state index contributed by atoms with van der Waals surface area (Å²) in [5.74, 6) is 0. The van der Waals surface area contributed by atoms with Crippen molar-refractivity contribution >= 4 is 0 Å². The molecule has 0 fully saturated rings. The van der Waals surface area contributed by atoms with Crippen LogP contribution in [-0.2, 0) is 0 Å². The molecule has 0 radical (unpaired) electrons. The summed E-state index contributed by atoms with van der Waals surface area (Å²) >= 11 is 0. The Labute approximate surface area is 61.7 Å². The topological polar surface area (TPSA) is 20.2 Å². The van der Waals surface area contributed by atoms with Gasteiger partial charge in [0.25, 0.3) is 0 Å². The Morgan fingerprint density at radius 1 is 1.40 bits per heavy atom. The molecular formula is C9H12O. The minimum absolute atomic E-state index is 0.0579. The fourth-order valence-electron chi connectivity index (χ4n) is 0.517. The predicted molar refractivity (Wildman–Crippen MR) is 44.7 cm³/mol. The van der Waals surface area contributed by atoms with Gasteiger partial charge in [-0.05, 0) is 5.57 Å². The second-order valence-corrected chi connectivity index (χ2v) is 1.69. The largest absolute Gasteiger partial charge is 0.392 e. The Morgan fingerprint density at radius 2 is 2.10 bits per heavy atom. The van der Waals surface area contributed by atoms with Gasteiger partial charge < -0.3 is 5.11 Å². The second-order valence-electron chi connectivity index (χ2n) is 1.69. The standard InChI is InChI=1S/C9H12O/c1-3-6-9(4-2)7-5-8-10/h3-7,10H,1-2,8H2/b7-5+,9-6+. The van der Waals surface area contributed by atoms with Gasteiger partial charge in [-0.1, -0.05) is 43.5 Å². The van der Waals surface area contributed by atoms with Gasteiger partial charge in [0.2, 0.25) is 0 Å². The quantitative estimate of drug-likeness (QED) is 0.584. The smallest absolute Gasteiger partial charge is 0.0615 e. The third-order valence-electron chi connectivity index (χ3n) is 0.962. The van der Waals surface area contributed by atoms with Crippen molar-refractivity contribution in [3.63, 3.8) is 0 Å². The van der Waals surface area contributed by atoms with Gasteiger partial charge in [-0.2, -0.15) is 0 Å². The van der Waals surface area contributed by atoms with Crippen molar-refractivity contribution in [1.29, 1.82) is 0 Å². The van der Waals surface area contributed by atoms with Crippen molar-refractivity contribution in [3.05, 3.63) is 49.1 Å². The van der Waals surface area contributed by atoms with E-state index in [1.165, 1.54) is 0 Å². The van der Waals surface area contributed by atoms with Crippen molar-refractivity contribution in [2.75, 3.05) is 6.61 Å². The second kappa shape index (κ2) is 6.05. The minimum atomic E-state index is 0.0579. The van der Waals surface area contributed by atoms with E-state index in [-0.39, 0.29) is 6.61 Å². The molecule has 0 aliphatic carbocycles. The van der Waals surface area contributed by atoms with E-state index < -0.39 is 0 Å². The van der Waals surface area contributed by atoms with Gasteiger partial charge in [0, 0.05) is 0 Å². The van der Waals surface area contributed by atoms with Crippen LogP contribution in [0.5, 0.6) is 0 Å². The highest BCUT2D eigenvalue weighted by Crippen LogP contribution is 1.96. The Balaban J connectivity index is 4.07. The van der Waals surface area contributed by atoms with Crippen LogP contribution < -0.4 is 0 Å². The highest BCUT2D eigenvalue weighted by atomic mass is 16.2. The lowest BCUT2D eigenvalue weighted by Crippen LogP contribution is -1.73. The van der Waals surface area contributed by atoms with Crippen molar-refractivity contribution in [2.24, 2.45) is 0 Å². The van der Waals surface area contributed by atoms with Crippen LogP contribution in [0.3, 0.4) is 0 Å². The number of hydrogen-bond acceptors (Lipinski definition) is 1. The van der Waals surface area contributed by atoms with Crippen LogP contribution in [0.25, 0.3) is 0 Å². The molecule has 1 nitrogen and oxygen atoms in total. The third-order valence-corrected chi connectivity index (χ3v) is 0.962. The molecule has 0 rings (SSSR count). The van der Waals surface area contributed by atoms with Gasteiger partial charge in [-0.15, -0.1) is 0 Å². The predicted octanol–water partition coefficient (Wildman–Crippen LogP) is 1.83. The maximum atomic E-state index is 8.40. The zero-order valence-electron chi connectivity index (χ0n) is 5.96. The van der Waals surface area contributed by atoms with Crippen LogP contribution in [0.4, 0.5) is 0 Å². The zero-order valence-corrected chi connectivity index (χ0v) is 5.96. The first-order valence-electron chi connectivity index (χ1n) is 3.07. The van der Waals surface area contributed by atoms with Crippen LogP contribution >= 0.6 is 0 Å². The molecule has 0 aromatic heterocycles. The molecule has 0 saturated heterocycles. The molecule has 0 aromatic rings. The van der Waals surface area contributed by atoms with E-state index >= 15 is 0 Å². The molecule has 0 aliphatic heterocycles. The lowest BCUT2D eigenvalue weighted by molar-refractivity contribution is 0.342. The molecule has 0 unspecified atom stereocenters. The van der Waals surface area contributed by atoms with Crippen molar-refractivity contribution in [3.8, 4) is 0 Å². The van der Waals surface area contributed by atoms with Crippen LogP contribution in [-0.4, -0.2) is 11.7 Å². The summed E-state index contributed by atoms with van der Waals surface area (Å²) < 4.78 is 0. The molecule has 1 heteroatoms. The van der Waals surface area contributed by atoms with Crippen LogP contribution in [0, 0.1) is 0 Å². The van der Waals surface area contributed by atoms with Crippen molar-refractivity contribution in [1.82, 2.24) is 0 Å². The van der Waals surface area contributed by atoms with Gasteiger partial charge in [0.05, 0.1) is 6.61 Å². The zero-order chi connectivity index (χ0) is 7.82. The molecule has 0 heterocycles. The number of rotatable bonds is 4. The molecule has 54 valence electrons. The summed E-state index contributed by atoms with van der Waals surface area (Å²) in [7, 11) is 0. The van der Waals surface area contributed by atoms with E-state index in [2.05, 4.69) is 13.2 Å². The maximum Gasteiger partial charge on any atom is 0.0615 e. The minimum Gasteiger partial charge on any atom is -0.392 e.